The number of ether oxygens (including phenoxy) is 1. The fourth-order valence-electron chi connectivity index (χ4n) is 4.47. The summed E-state index contributed by atoms with van der Waals surface area (Å²) >= 11 is 0. The number of carboxylic acids is 1. The maximum atomic E-state index is 12.5. The molecule has 124 valence electrons. The molecule has 2 aliphatic carbocycles. The van der Waals surface area contributed by atoms with Crippen molar-refractivity contribution in [2.45, 2.75) is 51.2 Å². The van der Waals surface area contributed by atoms with E-state index in [1.54, 1.807) is 12.0 Å². The van der Waals surface area contributed by atoms with Crippen LogP contribution in [0, 0.1) is 17.3 Å². The number of carboxylic acid groups (broad SMARTS) is 1. The number of amides is 2. The zero-order valence-corrected chi connectivity index (χ0v) is 13.4. The number of nitrogens with zero attached hydrogens (tertiary/aromatic N) is 1. The van der Waals surface area contributed by atoms with E-state index < -0.39 is 11.9 Å². The molecule has 6 heteroatoms. The smallest absolute Gasteiger partial charge is 0.317 e. The molecule has 3 rings (SSSR count). The van der Waals surface area contributed by atoms with Crippen LogP contribution in [0.25, 0.3) is 0 Å². The number of methoxy groups -OCH3 is 1. The van der Waals surface area contributed by atoms with Crippen LogP contribution in [0.3, 0.4) is 0 Å². The van der Waals surface area contributed by atoms with E-state index in [1.165, 1.54) is 6.42 Å². The molecule has 0 aromatic rings. The lowest BCUT2D eigenvalue weighted by Crippen LogP contribution is -2.68. The SMILES string of the molecule is COC1CC(NC(=O)N2CC(C)CC(C(=O)O)C2)C12CCC2. The molecule has 0 radical (unpaired) electrons. The number of nitrogens with one attached hydrogen (secondary N) is 1. The van der Waals surface area contributed by atoms with Crippen molar-refractivity contribution in [2.24, 2.45) is 17.3 Å². The van der Waals surface area contributed by atoms with E-state index in [0.717, 1.165) is 19.3 Å². The fraction of sp³-hybridized carbons (Fsp3) is 0.875. The third kappa shape index (κ3) is 2.47. The lowest BCUT2D eigenvalue weighted by molar-refractivity contribution is -0.158. The minimum absolute atomic E-state index is 0.108. The first-order chi connectivity index (χ1) is 10.5. The molecule has 0 aromatic heterocycles. The molecule has 3 fully saturated rings. The van der Waals surface area contributed by atoms with E-state index in [2.05, 4.69) is 5.32 Å². The Balaban J connectivity index is 1.59. The maximum absolute atomic E-state index is 12.5. The van der Waals surface area contributed by atoms with Gasteiger partial charge in [0.15, 0.2) is 0 Å². The first-order valence-electron chi connectivity index (χ1n) is 8.27. The van der Waals surface area contributed by atoms with Gasteiger partial charge in [-0.15, -0.1) is 0 Å². The molecule has 3 aliphatic rings. The van der Waals surface area contributed by atoms with Crippen molar-refractivity contribution in [3.8, 4) is 0 Å². The van der Waals surface area contributed by atoms with E-state index in [4.69, 9.17) is 4.74 Å². The molecular weight excluding hydrogens is 284 g/mol. The van der Waals surface area contributed by atoms with Gasteiger partial charge in [0.25, 0.3) is 0 Å². The Morgan fingerprint density at radius 1 is 1.27 bits per heavy atom. The number of likely N-dealkylation sites (tertiary alicyclic amines) is 1. The summed E-state index contributed by atoms with van der Waals surface area (Å²) in [5.74, 6) is -1.02. The van der Waals surface area contributed by atoms with Crippen molar-refractivity contribution < 1.29 is 19.4 Å². The van der Waals surface area contributed by atoms with Gasteiger partial charge in [0.1, 0.15) is 0 Å². The number of aliphatic carboxylic acids is 1. The molecule has 4 atom stereocenters. The van der Waals surface area contributed by atoms with Crippen molar-refractivity contribution in [3.05, 3.63) is 0 Å². The van der Waals surface area contributed by atoms with Crippen LogP contribution in [0.5, 0.6) is 0 Å². The van der Waals surface area contributed by atoms with Gasteiger partial charge < -0.3 is 20.1 Å². The Morgan fingerprint density at radius 3 is 2.55 bits per heavy atom. The predicted molar refractivity (Wildman–Crippen MR) is 80.5 cm³/mol. The highest BCUT2D eigenvalue weighted by Crippen LogP contribution is 2.57. The average Bonchev–Trinajstić information content (AvgIpc) is 2.40. The zero-order chi connectivity index (χ0) is 15.9. The molecule has 0 aromatic carbocycles. The van der Waals surface area contributed by atoms with E-state index in [1.807, 2.05) is 6.92 Å². The number of carbonyl (C=O) groups excluding carboxylic acids is 1. The van der Waals surface area contributed by atoms with Crippen LogP contribution in [0.2, 0.25) is 0 Å². The van der Waals surface area contributed by atoms with Gasteiger partial charge in [-0.1, -0.05) is 13.3 Å². The van der Waals surface area contributed by atoms with Crippen molar-refractivity contribution in [1.29, 1.82) is 0 Å². The Morgan fingerprint density at radius 2 is 2.00 bits per heavy atom. The minimum atomic E-state index is -0.803. The van der Waals surface area contributed by atoms with E-state index >= 15 is 0 Å². The monoisotopic (exact) mass is 310 g/mol. The van der Waals surface area contributed by atoms with Gasteiger partial charge in [-0.2, -0.15) is 0 Å². The number of rotatable bonds is 3. The van der Waals surface area contributed by atoms with E-state index in [-0.39, 0.29) is 29.5 Å². The Kier molecular flexibility index (Phi) is 4.05. The molecule has 1 aliphatic heterocycles. The summed E-state index contributed by atoms with van der Waals surface area (Å²) in [6.45, 7) is 2.97. The summed E-state index contributed by atoms with van der Waals surface area (Å²) in [6.07, 6.45) is 5.22. The van der Waals surface area contributed by atoms with Gasteiger partial charge in [-0.25, -0.2) is 4.79 Å². The van der Waals surface area contributed by atoms with Crippen molar-refractivity contribution >= 4 is 12.0 Å². The molecule has 22 heavy (non-hydrogen) atoms. The second-order valence-corrected chi connectivity index (χ2v) is 7.33. The van der Waals surface area contributed by atoms with Crippen LogP contribution < -0.4 is 5.32 Å². The molecule has 6 nitrogen and oxygen atoms in total. The first kappa shape index (κ1) is 15.6. The highest BCUT2D eigenvalue weighted by Gasteiger charge is 2.59. The van der Waals surface area contributed by atoms with Gasteiger partial charge in [0.2, 0.25) is 0 Å². The molecule has 2 N–H and O–H groups in total. The number of piperidine rings is 1. The lowest BCUT2D eigenvalue weighted by Gasteiger charge is -2.60. The van der Waals surface area contributed by atoms with Crippen LogP contribution >= 0.6 is 0 Å². The third-order valence-corrected chi connectivity index (χ3v) is 5.95. The summed E-state index contributed by atoms with van der Waals surface area (Å²) in [5.41, 5.74) is 0.137. The summed E-state index contributed by atoms with van der Waals surface area (Å²) in [6, 6.07) is 0.0721. The summed E-state index contributed by atoms with van der Waals surface area (Å²) in [4.78, 5) is 25.4. The number of carbonyl (C=O) groups is 2. The van der Waals surface area contributed by atoms with Crippen LogP contribution in [0.1, 0.15) is 39.0 Å². The topological polar surface area (TPSA) is 78.9 Å². The van der Waals surface area contributed by atoms with Crippen molar-refractivity contribution in [2.75, 3.05) is 20.2 Å². The Labute approximate surface area is 131 Å². The summed E-state index contributed by atoms with van der Waals surface area (Å²) in [7, 11) is 1.74. The molecule has 0 bridgehead atoms. The Hall–Kier alpha value is -1.30. The summed E-state index contributed by atoms with van der Waals surface area (Å²) < 4.78 is 5.52. The highest BCUT2D eigenvalue weighted by molar-refractivity contribution is 5.77. The number of urea groups is 1. The van der Waals surface area contributed by atoms with Gasteiger partial charge in [-0.05, 0) is 31.6 Å². The molecular formula is C16H26N2O4. The second-order valence-electron chi connectivity index (χ2n) is 7.33. The summed E-state index contributed by atoms with van der Waals surface area (Å²) in [5, 5.41) is 12.4. The van der Waals surface area contributed by atoms with Crippen molar-refractivity contribution in [3.63, 3.8) is 0 Å². The Bertz CT molecular complexity index is 463. The molecule has 2 saturated carbocycles. The molecule has 2 amide bonds. The molecule has 1 heterocycles. The van der Waals surface area contributed by atoms with Gasteiger partial charge in [0, 0.05) is 31.7 Å². The average molecular weight is 310 g/mol. The number of hydrogen-bond donors (Lipinski definition) is 2. The van der Waals surface area contributed by atoms with Gasteiger partial charge in [-0.3, -0.25) is 4.79 Å². The molecule has 1 saturated heterocycles. The molecule has 4 unspecified atom stereocenters. The highest BCUT2D eigenvalue weighted by atomic mass is 16.5. The third-order valence-electron chi connectivity index (χ3n) is 5.95. The number of hydrogen-bond acceptors (Lipinski definition) is 3. The minimum Gasteiger partial charge on any atom is -0.481 e. The van der Waals surface area contributed by atoms with Crippen LogP contribution in [0.15, 0.2) is 0 Å². The van der Waals surface area contributed by atoms with Gasteiger partial charge in [0.05, 0.1) is 12.0 Å². The second kappa shape index (κ2) is 5.72. The normalized spacial score (nSPS) is 36.4. The largest absolute Gasteiger partial charge is 0.481 e. The van der Waals surface area contributed by atoms with E-state index in [9.17, 15) is 14.7 Å². The van der Waals surface area contributed by atoms with Crippen LogP contribution in [0.4, 0.5) is 4.79 Å². The van der Waals surface area contributed by atoms with Crippen molar-refractivity contribution in [1.82, 2.24) is 10.2 Å². The van der Waals surface area contributed by atoms with Gasteiger partial charge >= 0.3 is 12.0 Å². The standard InChI is InChI=1S/C16H26N2O4/c1-10-6-11(14(19)20)9-18(8-10)15(21)17-12-7-13(22-2)16(12)4-3-5-16/h10-13H,3-9H2,1-2H3,(H,17,21)(H,19,20). The van der Waals surface area contributed by atoms with Crippen LogP contribution in [-0.4, -0.2) is 54.4 Å². The molecule has 1 spiro atoms. The van der Waals surface area contributed by atoms with Crippen LogP contribution in [-0.2, 0) is 9.53 Å². The maximum Gasteiger partial charge on any atom is 0.317 e. The quantitative estimate of drug-likeness (QED) is 0.831. The lowest BCUT2D eigenvalue weighted by atomic mass is 9.51. The van der Waals surface area contributed by atoms with E-state index in [0.29, 0.717) is 19.5 Å². The zero-order valence-electron chi connectivity index (χ0n) is 13.4. The first-order valence-corrected chi connectivity index (χ1v) is 8.27. The fourth-order valence-corrected chi connectivity index (χ4v) is 4.47. The predicted octanol–water partition coefficient (Wildman–Crippen LogP) is 1.70.